The van der Waals surface area contributed by atoms with E-state index in [-0.39, 0.29) is 5.78 Å². The molecule has 0 saturated carbocycles. The first-order valence-electron chi connectivity index (χ1n) is 6.19. The lowest BCUT2D eigenvalue weighted by molar-refractivity contribution is -0.00598. The number of carbonyl (C=O) groups is 1. The highest BCUT2D eigenvalue weighted by Gasteiger charge is 2.17. The quantitative estimate of drug-likeness (QED) is 0.617. The first kappa shape index (κ1) is 13.6. The SMILES string of the molecule is CC(=O)c1ccc(SCC2CN(C)CCO2)cc1. The Hall–Kier alpha value is -0.840. The van der Waals surface area contributed by atoms with Crippen molar-refractivity contribution in [1.29, 1.82) is 0 Å². The highest BCUT2D eigenvalue weighted by Crippen LogP contribution is 2.21. The Bertz CT molecular complexity index is 405. The number of carbonyl (C=O) groups excluding carboxylic acids is 1. The molecule has 3 nitrogen and oxygen atoms in total. The molecule has 0 aliphatic carbocycles. The number of benzene rings is 1. The van der Waals surface area contributed by atoms with Crippen LogP contribution in [0, 0.1) is 0 Å². The van der Waals surface area contributed by atoms with E-state index in [9.17, 15) is 4.79 Å². The third-order valence-electron chi connectivity index (χ3n) is 3.04. The van der Waals surface area contributed by atoms with Gasteiger partial charge in [0.25, 0.3) is 0 Å². The third-order valence-corrected chi connectivity index (χ3v) is 4.18. The van der Waals surface area contributed by atoms with E-state index in [4.69, 9.17) is 4.74 Å². The number of ketones is 1. The van der Waals surface area contributed by atoms with Crippen LogP contribution in [-0.2, 0) is 4.74 Å². The van der Waals surface area contributed by atoms with E-state index in [1.165, 1.54) is 4.90 Å². The predicted octanol–water partition coefficient (Wildman–Crippen LogP) is 2.31. The summed E-state index contributed by atoms with van der Waals surface area (Å²) < 4.78 is 5.72. The van der Waals surface area contributed by atoms with E-state index in [1.54, 1.807) is 18.7 Å². The monoisotopic (exact) mass is 265 g/mol. The van der Waals surface area contributed by atoms with Crippen LogP contribution in [0.15, 0.2) is 29.2 Å². The summed E-state index contributed by atoms with van der Waals surface area (Å²) in [4.78, 5) is 14.7. The maximum absolute atomic E-state index is 11.2. The van der Waals surface area contributed by atoms with Crippen LogP contribution in [0.2, 0.25) is 0 Å². The Kier molecular flexibility index (Phi) is 4.80. The van der Waals surface area contributed by atoms with Crippen molar-refractivity contribution in [2.45, 2.75) is 17.9 Å². The summed E-state index contributed by atoms with van der Waals surface area (Å²) in [5.41, 5.74) is 0.771. The minimum Gasteiger partial charge on any atom is -0.375 e. The van der Waals surface area contributed by atoms with Gasteiger partial charge in [-0.3, -0.25) is 4.79 Å². The highest BCUT2D eigenvalue weighted by molar-refractivity contribution is 7.99. The highest BCUT2D eigenvalue weighted by atomic mass is 32.2. The molecule has 0 amide bonds. The summed E-state index contributed by atoms with van der Waals surface area (Å²) in [6.07, 6.45) is 0.307. The Labute approximate surface area is 113 Å². The second kappa shape index (κ2) is 6.36. The fourth-order valence-corrected chi connectivity index (χ4v) is 2.85. The standard InChI is InChI=1S/C14H19NO2S/c1-11(16)12-3-5-14(6-4-12)18-10-13-9-15(2)7-8-17-13/h3-6,13H,7-10H2,1-2H3. The number of nitrogens with zero attached hydrogens (tertiary/aromatic N) is 1. The number of thioether (sulfide) groups is 1. The van der Waals surface area contributed by atoms with Crippen molar-refractivity contribution in [2.24, 2.45) is 0 Å². The first-order chi connectivity index (χ1) is 8.65. The van der Waals surface area contributed by atoms with Crippen LogP contribution in [-0.4, -0.2) is 49.3 Å². The van der Waals surface area contributed by atoms with Crippen molar-refractivity contribution in [1.82, 2.24) is 4.90 Å². The molecule has 0 bridgehead atoms. The average molecular weight is 265 g/mol. The normalized spacial score (nSPS) is 20.9. The number of likely N-dealkylation sites (N-methyl/N-ethyl adjacent to an activating group) is 1. The molecule has 98 valence electrons. The van der Waals surface area contributed by atoms with E-state index in [1.807, 2.05) is 24.3 Å². The first-order valence-corrected chi connectivity index (χ1v) is 7.17. The Morgan fingerprint density at radius 2 is 2.17 bits per heavy atom. The molecule has 4 heteroatoms. The smallest absolute Gasteiger partial charge is 0.159 e. The molecule has 1 fully saturated rings. The summed E-state index contributed by atoms with van der Waals surface area (Å²) in [5, 5.41) is 0. The summed E-state index contributed by atoms with van der Waals surface area (Å²) in [5.74, 6) is 1.08. The Balaban J connectivity index is 1.84. The van der Waals surface area contributed by atoms with E-state index >= 15 is 0 Å². The second-order valence-corrected chi connectivity index (χ2v) is 5.74. The van der Waals surface area contributed by atoms with Gasteiger partial charge in [0.1, 0.15) is 0 Å². The number of hydrogen-bond donors (Lipinski definition) is 0. The summed E-state index contributed by atoms with van der Waals surface area (Å²) in [6, 6.07) is 7.79. The molecule has 1 atom stereocenters. The van der Waals surface area contributed by atoms with E-state index in [0.29, 0.717) is 6.10 Å². The third kappa shape index (κ3) is 3.83. The van der Waals surface area contributed by atoms with Gasteiger partial charge < -0.3 is 9.64 Å². The molecule has 1 saturated heterocycles. The molecule has 0 N–H and O–H groups in total. The minimum atomic E-state index is 0.115. The molecule has 1 aromatic carbocycles. The van der Waals surface area contributed by atoms with Gasteiger partial charge in [0.05, 0.1) is 12.7 Å². The van der Waals surface area contributed by atoms with Crippen molar-refractivity contribution < 1.29 is 9.53 Å². The predicted molar refractivity (Wildman–Crippen MR) is 74.4 cm³/mol. The fourth-order valence-electron chi connectivity index (χ4n) is 1.94. The van der Waals surface area contributed by atoms with Gasteiger partial charge in [-0.2, -0.15) is 0 Å². The Morgan fingerprint density at radius 3 is 2.78 bits per heavy atom. The maximum atomic E-state index is 11.2. The van der Waals surface area contributed by atoms with Crippen LogP contribution in [0.25, 0.3) is 0 Å². The second-order valence-electron chi connectivity index (χ2n) is 4.65. The van der Waals surface area contributed by atoms with Gasteiger partial charge in [0.15, 0.2) is 5.78 Å². The number of rotatable bonds is 4. The van der Waals surface area contributed by atoms with Crippen molar-refractivity contribution in [3.05, 3.63) is 29.8 Å². The van der Waals surface area contributed by atoms with Gasteiger partial charge in [-0.15, -0.1) is 11.8 Å². The van der Waals surface area contributed by atoms with E-state index in [2.05, 4.69) is 11.9 Å². The Morgan fingerprint density at radius 1 is 1.44 bits per heavy atom. The van der Waals surface area contributed by atoms with Crippen LogP contribution < -0.4 is 0 Å². The van der Waals surface area contributed by atoms with Crippen LogP contribution in [0.1, 0.15) is 17.3 Å². The summed E-state index contributed by atoms with van der Waals surface area (Å²) in [6.45, 7) is 4.44. The van der Waals surface area contributed by atoms with Crippen molar-refractivity contribution in [3.8, 4) is 0 Å². The average Bonchev–Trinajstić information content (AvgIpc) is 2.37. The molecule has 0 aromatic heterocycles. The van der Waals surface area contributed by atoms with Crippen molar-refractivity contribution in [3.63, 3.8) is 0 Å². The van der Waals surface area contributed by atoms with Gasteiger partial charge in [-0.05, 0) is 26.1 Å². The summed E-state index contributed by atoms with van der Waals surface area (Å²) in [7, 11) is 2.13. The number of hydrogen-bond acceptors (Lipinski definition) is 4. The topological polar surface area (TPSA) is 29.5 Å². The molecule has 1 heterocycles. The van der Waals surface area contributed by atoms with Crippen LogP contribution in [0.4, 0.5) is 0 Å². The molecule has 1 aliphatic rings. The number of morpholine rings is 1. The fraction of sp³-hybridized carbons (Fsp3) is 0.500. The molecule has 2 rings (SSSR count). The van der Waals surface area contributed by atoms with Gasteiger partial charge in [0, 0.05) is 29.3 Å². The van der Waals surface area contributed by atoms with Gasteiger partial charge in [-0.1, -0.05) is 12.1 Å². The largest absolute Gasteiger partial charge is 0.375 e. The van der Waals surface area contributed by atoms with Crippen molar-refractivity contribution in [2.75, 3.05) is 32.5 Å². The van der Waals surface area contributed by atoms with E-state index in [0.717, 1.165) is 31.0 Å². The molecule has 1 aliphatic heterocycles. The molecular weight excluding hydrogens is 246 g/mol. The lowest BCUT2D eigenvalue weighted by Gasteiger charge is -2.29. The van der Waals surface area contributed by atoms with Crippen LogP contribution in [0.5, 0.6) is 0 Å². The zero-order valence-corrected chi connectivity index (χ0v) is 11.7. The molecular formula is C14H19NO2S. The molecule has 0 radical (unpaired) electrons. The maximum Gasteiger partial charge on any atom is 0.159 e. The lowest BCUT2D eigenvalue weighted by Crippen LogP contribution is -2.41. The molecule has 1 unspecified atom stereocenters. The van der Waals surface area contributed by atoms with Crippen LogP contribution in [0.3, 0.4) is 0 Å². The van der Waals surface area contributed by atoms with E-state index < -0.39 is 0 Å². The molecule has 0 spiro atoms. The van der Waals surface area contributed by atoms with Gasteiger partial charge in [-0.25, -0.2) is 0 Å². The molecule has 18 heavy (non-hydrogen) atoms. The van der Waals surface area contributed by atoms with Gasteiger partial charge in [0.2, 0.25) is 0 Å². The minimum absolute atomic E-state index is 0.115. The molecule has 1 aromatic rings. The zero-order chi connectivity index (χ0) is 13.0. The number of Topliss-reactive ketones (excluding diaryl/α,β-unsaturated/α-hetero) is 1. The van der Waals surface area contributed by atoms with Crippen LogP contribution >= 0.6 is 11.8 Å². The van der Waals surface area contributed by atoms with Crippen molar-refractivity contribution >= 4 is 17.5 Å². The number of ether oxygens (including phenoxy) is 1. The lowest BCUT2D eigenvalue weighted by atomic mass is 10.2. The zero-order valence-electron chi connectivity index (χ0n) is 10.9. The van der Waals surface area contributed by atoms with Gasteiger partial charge >= 0.3 is 0 Å². The summed E-state index contributed by atoms with van der Waals surface area (Å²) >= 11 is 1.79.